The quantitative estimate of drug-likeness (QED) is 0.638. The predicted octanol–water partition coefficient (Wildman–Crippen LogP) is 3.66. The van der Waals surface area contributed by atoms with Gasteiger partial charge in [0.2, 0.25) is 0 Å². The fourth-order valence-corrected chi connectivity index (χ4v) is 4.27. The van der Waals surface area contributed by atoms with Gasteiger partial charge in [-0.05, 0) is 61.8 Å². The first-order valence-electron chi connectivity index (χ1n) is 8.99. The van der Waals surface area contributed by atoms with Gasteiger partial charge in [-0.25, -0.2) is 9.87 Å². The van der Waals surface area contributed by atoms with E-state index in [4.69, 9.17) is 5.21 Å². The smallest absolute Gasteiger partial charge is 0.274 e. The number of rotatable bonds is 5. The van der Waals surface area contributed by atoms with Crippen LogP contribution in [0.3, 0.4) is 0 Å². The van der Waals surface area contributed by atoms with Gasteiger partial charge in [0.25, 0.3) is 5.91 Å². The van der Waals surface area contributed by atoms with Crippen LogP contribution in [0.5, 0.6) is 0 Å². The maximum absolute atomic E-state index is 14.3. The van der Waals surface area contributed by atoms with Gasteiger partial charge in [0.15, 0.2) is 0 Å². The summed E-state index contributed by atoms with van der Waals surface area (Å²) in [6.45, 7) is 4.92. The second-order valence-electron chi connectivity index (χ2n) is 7.68. The number of hydrogen-bond donors (Lipinski definition) is 2. The lowest BCUT2D eigenvalue weighted by Gasteiger charge is -2.31. The molecule has 2 N–H and O–H groups in total. The highest BCUT2D eigenvalue weighted by Gasteiger charge is 2.28. The van der Waals surface area contributed by atoms with Crippen molar-refractivity contribution in [2.45, 2.75) is 58.4 Å². The summed E-state index contributed by atoms with van der Waals surface area (Å²) < 4.78 is 14.3. The van der Waals surface area contributed by atoms with Crippen molar-refractivity contribution in [3.8, 4) is 0 Å². The zero-order valence-corrected chi connectivity index (χ0v) is 14.4. The minimum atomic E-state index is -0.663. The first kappa shape index (κ1) is 17.4. The van der Waals surface area contributed by atoms with Crippen molar-refractivity contribution >= 4 is 5.91 Å². The highest BCUT2D eigenvalue weighted by Crippen LogP contribution is 2.41. The van der Waals surface area contributed by atoms with Gasteiger partial charge < -0.3 is 0 Å². The van der Waals surface area contributed by atoms with Crippen molar-refractivity contribution in [3.05, 3.63) is 34.6 Å². The molecule has 1 saturated carbocycles. The molecule has 1 amide bonds. The third-order valence-corrected chi connectivity index (χ3v) is 5.80. The summed E-state index contributed by atoms with van der Waals surface area (Å²) >= 11 is 0. The van der Waals surface area contributed by atoms with Gasteiger partial charge in [-0.1, -0.05) is 19.8 Å². The van der Waals surface area contributed by atoms with E-state index < -0.39 is 5.91 Å². The molecular formula is C19H27FN2O2. The highest BCUT2D eigenvalue weighted by molar-refractivity contribution is 5.93. The Kier molecular flexibility index (Phi) is 5.21. The highest BCUT2D eigenvalue weighted by atomic mass is 19.1. The maximum Gasteiger partial charge on any atom is 0.274 e. The number of benzene rings is 1. The van der Waals surface area contributed by atoms with Gasteiger partial charge >= 0.3 is 0 Å². The van der Waals surface area contributed by atoms with Crippen molar-refractivity contribution in [1.82, 2.24) is 10.4 Å². The number of fused-ring (bicyclic) bond motifs is 1. The molecule has 5 heteroatoms. The molecule has 1 aromatic carbocycles. The minimum Gasteiger partial charge on any atom is -0.299 e. The fourth-order valence-electron chi connectivity index (χ4n) is 4.27. The van der Waals surface area contributed by atoms with E-state index in [1.807, 2.05) is 0 Å². The molecule has 0 bridgehead atoms. The molecule has 1 aliphatic carbocycles. The summed E-state index contributed by atoms with van der Waals surface area (Å²) in [4.78, 5) is 13.8. The van der Waals surface area contributed by atoms with E-state index in [2.05, 4.69) is 11.8 Å². The van der Waals surface area contributed by atoms with Gasteiger partial charge in [0.05, 0.1) is 0 Å². The number of hydrogen-bond acceptors (Lipinski definition) is 3. The van der Waals surface area contributed by atoms with Crippen LogP contribution >= 0.6 is 0 Å². The second-order valence-corrected chi connectivity index (χ2v) is 7.68. The van der Waals surface area contributed by atoms with Gasteiger partial charge in [0, 0.05) is 24.2 Å². The number of carbonyl (C=O) groups is 1. The number of nitrogens with zero attached hydrogens (tertiary/aromatic N) is 1. The van der Waals surface area contributed by atoms with Gasteiger partial charge in [-0.2, -0.15) is 0 Å². The van der Waals surface area contributed by atoms with Crippen LogP contribution in [0.25, 0.3) is 0 Å². The van der Waals surface area contributed by atoms with E-state index in [1.54, 1.807) is 11.5 Å². The molecule has 1 aliphatic heterocycles. The van der Waals surface area contributed by atoms with Crippen LogP contribution in [0.4, 0.5) is 4.39 Å². The predicted molar refractivity (Wildman–Crippen MR) is 90.4 cm³/mol. The molecule has 0 saturated heterocycles. The summed E-state index contributed by atoms with van der Waals surface area (Å²) in [6, 6.07) is 2.91. The van der Waals surface area contributed by atoms with E-state index in [0.717, 1.165) is 25.1 Å². The number of nitrogens with one attached hydrogen (secondary N) is 1. The van der Waals surface area contributed by atoms with Crippen molar-refractivity contribution < 1.29 is 14.4 Å². The third kappa shape index (κ3) is 3.78. The lowest BCUT2D eigenvalue weighted by atomic mass is 9.84. The molecule has 1 aromatic rings. The number of carbonyl (C=O) groups excluding carboxylic acids is 1. The van der Waals surface area contributed by atoms with E-state index in [1.165, 1.54) is 44.6 Å². The standard InChI is InChI=1S/C19H27FN2O2/c1-19(6-2-3-7-19)8-4-9-22-10-5-14-11-15(18(23)21-24)12-17(20)16(14)13-22/h11-12,24H,2-10,13H2,1H3,(H,21,23). The van der Waals surface area contributed by atoms with E-state index in [-0.39, 0.29) is 11.4 Å². The Morgan fingerprint density at radius 2 is 2.12 bits per heavy atom. The summed E-state index contributed by atoms with van der Waals surface area (Å²) in [5, 5.41) is 8.70. The van der Waals surface area contributed by atoms with Crippen molar-refractivity contribution in [3.63, 3.8) is 0 Å². The molecule has 132 valence electrons. The summed E-state index contributed by atoms with van der Waals surface area (Å²) in [6.07, 6.45) is 8.59. The minimum absolute atomic E-state index is 0.177. The largest absolute Gasteiger partial charge is 0.299 e. The first-order valence-corrected chi connectivity index (χ1v) is 8.99. The lowest BCUT2D eigenvalue weighted by molar-refractivity contribution is 0.0705. The van der Waals surface area contributed by atoms with Crippen molar-refractivity contribution in [1.29, 1.82) is 0 Å². The Bertz CT molecular complexity index is 612. The molecule has 0 radical (unpaired) electrons. The summed E-state index contributed by atoms with van der Waals surface area (Å²) in [5.41, 5.74) is 3.84. The van der Waals surface area contributed by atoms with Crippen LogP contribution in [0.2, 0.25) is 0 Å². The third-order valence-electron chi connectivity index (χ3n) is 5.80. The van der Waals surface area contributed by atoms with Gasteiger partial charge in [-0.15, -0.1) is 0 Å². The van der Waals surface area contributed by atoms with Gasteiger partial charge in [0.1, 0.15) is 5.82 Å². The number of halogens is 1. The molecule has 0 aromatic heterocycles. The normalized spacial score (nSPS) is 20.0. The Morgan fingerprint density at radius 1 is 1.38 bits per heavy atom. The van der Waals surface area contributed by atoms with Crippen LogP contribution in [0.15, 0.2) is 12.1 Å². The Labute approximate surface area is 143 Å². The molecule has 0 spiro atoms. The molecule has 24 heavy (non-hydrogen) atoms. The zero-order valence-electron chi connectivity index (χ0n) is 14.4. The van der Waals surface area contributed by atoms with Crippen LogP contribution < -0.4 is 5.48 Å². The van der Waals surface area contributed by atoms with Gasteiger partial charge in [-0.3, -0.25) is 14.9 Å². The Balaban J connectivity index is 1.59. The summed E-state index contributed by atoms with van der Waals surface area (Å²) in [7, 11) is 0. The topological polar surface area (TPSA) is 52.6 Å². The van der Waals surface area contributed by atoms with Crippen molar-refractivity contribution in [2.24, 2.45) is 5.41 Å². The second kappa shape index (κ2) is 7.19. The van der Waals surface area contributed by atoms with Crippen LogP contribution in [0.1, 0.15) is 66.9 Å². The lowest BCUT2D eigenvalue weighted by Crippen LogP contribution is -2.33. The molecule has 1 fully saturated rings. The Hall–Kier alpha value is -1.46. The fraction of sp³-hybridized carbons (Fsp3) is 0.632. The molecule has 3 rings (SSSR count). The van der Waals surface area contributed by atoms with E-state index in [9.17, 15) is 9.18 Å². The van der Waals surface area contributed by atoms with Crippen LogP contribution in [0, 0.1) is 11.2 Å². The molecular weight excluding hydrogens is 307 g/mol. The van der Waals surface area contributed by atoms with Crippen molar-refractivity contribution in [2.75, 3.05) is 13.1 Å². The molecule has 0 atom stereocenters. The molecule has 0 unspecified atom stereocenters. The molecule has 1 heterocycles. The van der Waals surface area contributed by atoms with Crippen LogP contribution in [-0.4, -0.2) is 29.1 Å². The molecule has 2 aliphatic rings. The SMILES string of the molecule is CC1(CCCN2CCc3cc(C(=O)NO)cc(F)c3C2)CCCC1. The zero-order chi connectivity index (χ0) is 17.2. The summed E-state index contributed by atoms with van der Waals surface area (Å²) in [5.74, 6) is -1.01. The van der Waals surface area contributed by atoms with E-state index >= 15 is 0 Å². The first-order chi connectivity index (χ1) is 11.5. The Morgan fingerprint density at radius 3 is 2.83 bits per heavy atom. The van der Waals surface area contributed by atoms with Crippen LogP contribution in [-0.2, 0) is 13.0 Å². The number of amides is 1. The average Bonchev–Trinajstić information content (AvgIpc) is 3.01. The van der Waals surface area contributed by atoms with E-state index in [0.29, 0.717) is 17.5 Å². The monoisotopic (exact) mass is 334 g/mol. The molecule has 4 nitrogen and oxygen atoms in total. The average molecular weight is 334 g/mol. The number of hydroxylamine groups is 1. The maximum atomic E-state index is 14.3.